The van der Waals surface area contributed by atoms with Gasteiger partial charge in [0.15, 0.2) is 0 Å². The summed E-state index contributed by atoms with van der Waals surface area (Å²) in [7, 11) is 0. The molecule has 25 heavy (non-hydrogen) atoms. The molecule has 1 aromatic carbocycles. The minimum absolute atomic E-state index is 0.0263. The van der Waals surface area contributed by atoms with Gasteiger partial charge < -0.3 is 5.32 Å². The van der Waals surface area contributed by atoms with E-state index in [4.69, 9.17) is 0 Å². The number of hydrogen-bond donors (Lipinski definition) is 1. The summed E-state index contributed by atoms with van der Waals surface area (Å²) in [6.07, 6.45) is -3.10. The summed E-state index contributed by atoms with van der Waals surface area (Å²) < 4.78 is 39.2. The second kappa shape index (κ2) is 6.50. The van der Waals surface area contributed by atoms with E-state index in [0.717, 1.165) is 4.90 Å². The predicted molar refractivity (Wildman–Crippen MR) is 81.8 cm³/mol. The van der Waals surface area contributed by atoms with Crippen molar-refractivity contribution in [2.75, 3.05) is 6.54 Å². The number of benzene rings is 1. The van der Waals surface area contributed by atoms with Crippen molar-refractivity contribution < 1.29 is 27.6 Å². The second-order valence-electron chi connectivity index (χ2n) is 6.35. The van der Waals surface area contributed by atoms with Gasteiger partial charge in [-0.05, 0) is 25.0 Å². The molecule has 5 nitrogen and oxygen atoms in total. The average Bonchev–Trinajstić information content (AvgIpc) is 2.80. The normalized spacial score (nSPS) is 23.6. The molecule has 1 N–H and O–H groups in total. The SMILES string of the molecule is O=C(CN1C(=O)c2ccccc2C1=O)NC1CCCCC1C(F)(F)F. The van der Waals surface area contributed by atoms with Crippen LogP contribution in [0, 0.1) is 5.92 Å². The van der Waals surface area contributed by atoms with Crippen molar-refractivity contribution in [2.45, 2.75) is 37.9 Å². The van der Waals surface area contributed by atoms with E-state index in [2.05, 4.69) is 5.32 Å². The molecule has 0 spiro atoms. The highest BCUT2D eigenvalue weighted by atomic mass is 19.4. The molecule has 0 radical (unpaired) electrons. The van der Waals surface area contributed by atoms with Gasteiger partial charge in [0.2, 0.25) is 5.91 Å². The summed E-state index contributed by atoms with van der Waals surface area (Å²) in [6, 6.07) is 5.15. The zero-order chi connectivity index (χ0) is 18.2. The van der Waals surface area contributed by atoms with Gasteiger partial charge in [0.05, 0.1) is 17.0 Å². The molecule has 0 aromatic heterocycles. The van der Waals surface area contributed by atoms with Crippen LogP contribution in [0.1, 0.15) is 46.4 Å². The fourth-order valence-corrected chi connectivity index (χ4v) is 3.47. The summed E-state index contributed by atoms with van der Waals surface area (Å²) >= 11 is 0. The molecule has 1 fully saturated rings. The second-order valence-corrected chi connectivity index (χ2v) is 6.35. The lowest BCUT2D eigenvalue weighted by Gasteiger charge is -2.33. The van der Waals surface area contributed by atoms with E-state index in [1.54, 1.807) is 12.1 Å². The summed E-state index contributed by atoms with van der Waals surface area (Å²) in [4.78, 5) is 37.3. The topological polar surface area (TPSA) is 66.5 Å². The first-order valence-corrected chi connectivity index (χ1v) is 8.10. The van der Waals surface area contributed by atoms with Crippen molar-refractivity contribution in [1.82, 2.24) is 10.2 Å². The molecule has 2 unspecified atom stereocenters. The summed E-state index contributed by atoms with van der Waals surface area (Å²) in [5.41, 5.74) is 0.400. The number of rotatable bonds is 3. The van der Waals surface area contributed by atoms with E-state index >= 15 is 0 Å². The number of alkyl halides is 3. The van der Waals surface area contributed by atoms with Gasteiger partial charge in [0.1, 0.15) is 6.54 Å². The van der Waals surface area contributed by atoms with E-state index in [1.165, 1.54) is 12.1 Å². The van der Waals surface area contributed by atoms with Crippen molar-refractivity contribution in [3.8, 4) is 0 Å². The fourth-order valence-electron chi connectivity index (χ4n) is 3.47. The fraction of sp³-hybridized carbons (Fsp3) is 0.471. The number of nitrogens with zero attached hydrogens (tertiary/aromatic N) is 1. The van der Waals surface area contributed by atoms with Gasteiger partial charge >= 0.3 is 6.18 Å². The van der Waals surface area contributed by atoms with Gasteiger partial charge in [-0.25, -0.2) is 0 Å². The summed E-state index contributed by atoms with van der Waals surface area (Å²) in [5, 5.41) is 2.37. The van der Waals surface area contributed by atoms with Crippen molar-refractivity contribution >= 4 is 17.7 Å². The Morgan fingerprint density at radius 3 is 2.20 bits per heavy atom. The van der Waals surface area contributed by atoms with Crippen molar-refractivity contribution in [2.24, 2.45) is 5.92 Å². The van der Waals surface area contributed by atoms with Crippen molar-refractivity contribution in [1.29, 1.82) is 0 Å². The predicted octanol–water partition coefficient (Wildman–Crippen LogP) is 2.52. The highest BCUT2D eigenvalue weighted by Crippen LogP contribution is 2.37. The van der Waals surface area contributed by atoms with Crippen LogP contribution >= 0.6 is 0 Å². The highest BCUT2D eigenvalue weighted by molar-refractivity contribution is 6.22. The smallest absolute Gasteiger partial charge is 0.351 e. The Bertz CT molecular complexity index is 682. The molecule has 1 aromatic rings. The maximum Gasteiger partial charge on any atom is 0.393 e. The number of hydrogen-bond acceptors (Lipinski definition) is 3. The number of amides is 3. The van der Waals surface area contributed by atoms with Gasteiger partial charge in [0, 0.05) is 6.04 Å². The standard InChI is InChI=1S/C17H17F3N2O3/c18-17(19,20)12-7-3-4-8-13(12)21-14(23)9-22-15(24)10-5-1-2-6-11(10)16(22)25/h1-2,5-6,12-13H,3-4,7-9H2,(H,21,23). The molecule has 1 aliphatic carbocycles. The molecule has 1 heterocycles. The van der Waals surface area contributed by atoms with E-state index in [9.17, 15) is 27.6 Å². The van der Waals surface area contributed by atoms with Crippen LogP contribution in [0.15, 0.2) is 24.3 Å². The lowest BCUT2D eigenvalue weighted by atomic mass is 9.84. The molecule has 3 amide bonds. The van der Waals surface area contributed by atoms with Crippen LogP contribution in [-0.2, 0) is 4.79 Å². The number of halogens is 3. The van der Waals surface area contributed by atoms with Crippen LogP contribution in [-0.4, -0.2) is 41.4 Å². The third-order valence-corrected chi connectivity index (χ3v) is 4.71. The Kier molecular flexibility index (Phi) is 4.53. The van der Waals surface area contributed by atoms with Gasteiger partial charge in [-0.1, -0.05) is 25.0 Å². The van der Waals surface area contributed by atoms with E-state index in [1.807, 2.05) is 0 Å². The molecule has 1 saturated carbocycles. The van der Waals surface area contributed by atoms with Crippen LogP contribution in [0.5, 0.6) is 0 Å². The van der Waals surface area contributed by atoms with Gasteiger partial charge in [-0.15, -0.1) is 0 Å². The molecule has 134 valence electrons. The number of carbonyl (C=O) groups excluding carboxylic acids is 3. The number of imide groups is 1. The lowest BCUT2D eigenvalue weighted by Crippen LogP contribution is -2.50. The van der Waals surface area contributed by atoms with Crippen molar-refractivity contribution in [3.63, 3.8) is 0 Å². The zero-order valence-electron chi connectivity index (χ0n) is 13.3. The largest absolute Gasteiger partial charge is 0.393 e. The first-order chi connectivity index (χ1) is 11.8. The Morgan fingerprint density at radius 2 is 1.64 bits per heavy atom. The summed E-state index contributed by atoms with van der Waals surface area (Å²) in [5.74, 6) is -3.55. The Labute approximate surface area is 142 Å². The highest BCUT2D eigenvalue weighted by Gasteiger charge is 2.46. The monoisotopic (exact) mass is 354 g/mol. The summed E-state index contributed by atoms with van der Waals surface area (Å²) in [6.45, 7) is -0.576. The number of carbonyl (C=O) groups is 3. The van der Waals surface area contributed by atoms with Crippen LogP contribution in [0.25, 0.3) is 0 Å². The molecule has 2 atom stereocenters. The molecular weight excluding hydrogens is 337 g/mol. The van der Waals surface area contributed by atoms with E-state index in [0.29, 0.717) is 12.8 Å². The lowest BCUT2D eigenvalue weighted by molar-refractivity contribution is -0.189. The maximum atomic E-state index is 13.1. The van der Waals surface area contributed by atoms with Crippen LogP contribution in [0.4, 0.5) is 13.2 Å². The van der Waals surface area contributed by atoms with E-state index in [-0.39, 0.29) is 24.0 Å². The quantitative estimate of drug-likeness (QED) is 0.849. The Hall–Kier alpha value is -2.38. The molecule has 3 rings (SSSR count). The van der Waals surface area contributed by atoms with Gasteiger partial charge in [-0.2, -0.15) is 13.2 Å². The Balaban J connectivity index is 1.67. The number of nitrogens with one attached hydrogen (secondary N) is 1. The maximum absolute atomic E-state index is 13.1. The Morgan fingerprint density at radius 1 is 1.08 bits per heavy atom. The molecule has 0 bridgehead atoms. The molecule has 8 heteroatoms. The minimum atomic E-state index is -4.38. The molecular formula is C17H17F3N2O3. The minimum Gasteiger partial charge on any atom is -0.351 e. The molecule has 0 saturated heterocycles. The third-order valence-electron chi connectivity index (χ3n) is 4.71. The average molecular weight is 354 g/mol. The van der Waals surface area contributed by atoms with Crippen molar-refractivity contribution in [3.05, 3.63) is 35.4 Å². The van der Waals surface area contributed by atoms with E-state index < -0.39 is 42.4 Å². The van der Waals surface area contributed by atoms with Gasteiger partial charge in [0.25, 0.3) is 11.8 Å². The zero-order valence-corrected chi connectivity index (χ0v) is 13.3. The van der Waals surface area contributed by atoms with Crippen LogP contribution in [0.2, 0.25) is 0 Å². The van der Waals surface area contributed by atoms with Gasteiger partial charge in [-0.3, -0.25) is 19.3 Å². The first-order valence-electron chi connectivity index (χ1n) is 8.10. The third kappa shape index (κ3) is 3.38. The van der Waals surface area contributed by atoms with Crippen LogP contribution < -0.4 is 5.32 Å². The molecule has 1 aliphatic heterocycles. The van der Waals surface area contributed by atoms with Crippen LogP contribution in [0.3, 0.4) is 0 Å². The number of fused-ring (bicyclic) bond motifs is 1. The molecule has 2 aliphatic rings. The first kappa shape index (κ1) is 17.4.